The summed E-state index contributed by atoms with van der Waals surface area (Å²) in [5, 5.41) is 0. The van der Waals surface area contributed by atoms with Gasteiger partial charge in [-0.15, -0.1) is 0 Å². The van der Waals surface area contributed by atoms with Gasteiger partial charge in [0.1, 0.15) is 0 Å². The maximum absolute atomic E-state index is 2.35. The van der Waals surface area contributed by atoms with Gasteiger partial charge in [-0.25, -0.2) is 0 Å². The predicted molar refractivity (Wildman–Crippen MR) is 55.9 cm³/mol. The fraction of sp³-hybridized carbons (Fsp3) is 0.231. The molecule has 68 valence electrons. The van der Waals surface area contributed by atoms with Crippen LogP contribution in [-0.2, 0) is 6.42 Å². The van der Waals surface area contributed by atoms with Crippen molar-refractivity contribution in [2.45, 2.75) is 18.8 Å². The first-order valence-electron chi connectivity index (χ1n) is 5.24. The first kappa shape index (κ1) is 6.88. The Labute approximate surface area is 83.0 Å². The van der Waals surface area contributed by atoms with Crippen LogP contribution in [0.3, 0.4) is 0 Å². The fourth-order valence-corrected chi connectivity index (χ4v) is 3.07. The van der Waals surface area contributed by atoms with E-state index in [9.17, 15) is 0 Å². The number of rotatable bonds is 0. The molecule has 2 aliphatic rings. The Hall–Kier alpha value is -1.50. The zero-order valence-corrected chi connectivity index (χ0v) is 7.90. The van der Waals surface area contributed by atoms with Gasteiger partial charge in [0, 0.05) is 23.5 Å². The Morgan fingerprint density at radius 1 is 1.14 bits per heavy atom. The lowest BCUT2D eigenvalue weighted by Crippen LogP contribution is -1.92. The van der Waals surface area contributed by atoms with E-state index in [2.05, 4.69) is 41.1 Å². The highest BCUT2D eigenvalue weighted by molar-refractivity contribution is 5.59. The lowest BCUT2D eigenvalue weighted by molar-refractivity contribution is 0.776. The fourth-order valence-electron chi connectivity index (χ4n) is 3.07. The Balaban J connectivity index is 2.17. The highest BCUT2D eigenvalue weighted by Crippen LogP contribution is 2.46. The van der Waals surface area contributed by atoms with Crippen LogP contribution in [0.2, 0.25) is 0 Å². The summed E-state index contributed by atoms with van der Waals surface area (Å²) in [6.45, 7) is 0. The zero-order valence-electron chi connectivity index (χ0n) is 7.90. The van der Waals surface area contributed by atoms with Crippen molar-refractivity contribution in [2.75, 3.05) is 0 Å². The van der Waals surface area contributed by atoms with Gasteiger partial charge in [-0.05, 0) is 42.2 Å². The molecule has 0 radical (unpaired) electrons. The van der Waals surface area contributed by atoms with Crippen molar-refractivity contribution in [1.29, 1.82) is 0 Å². The SMILES string of the molecule is c1cc2c3c(c1)-n1cccc1C3CC2. The highest BCUT2D eigenvalue weighted by Gasteiger charge is 2.34. The third-order valence-corrected chi connectivity index (χ3v) is 3.62. The van der Waals surface area contributed by atoms with Gasteiger partial charge < -0.3 is 4.57 Å². The number of hydrogen-bond acceptors (Lipinski definition) is 0. The summed E-state index contributed by atoms with van der Waals surface area (Å²) in [5.74, 6) is 0.691. The van der Waals surface area contributed by atoms with Crippen molar-refractivity contribution in [2.24, 2.45) is 0 Å². The lowest BCUT2D eigenvalue weighted by atomic mass is 10.0. The van der Waals surface area contributed by atoms with Crippen molar-refractivity contribution >= 4 is 0 Å². The number of aryl methyl sites for hydroxylation is 1. The van der Waals surface area contributed by atoms with E-state index in [0.717, 1.165) is 0 Å². The molecular formula is C13H11N. The minimum absolute atomic E-state index is 0.691. The summed E-state index contributed by atoms with van der Waals surface area (Å²) in [4.78, 5) is 0. The van der Waals surface area contributed by atoms with Crippen molar-refractivity contribution in [1.82, 2.24) is 4.57 Å². The Morgan fingerprint density at radius 2 is 2.14 bits per heavy atom. The molecule has 1 nitrogen and oxygen atoms in total. The Bertz CT molecular complexity index is 522. The first-order valence-corrected chi connectivity index (χ1v) is 5.24. The lowest BCUT2D eigenvalue weighted by Gasteiger charge is -2.03. The number of fused-ring (bicyclic) bond motifs is 3. The molecule has 1 aromatic heterocycles. The minimum Gasteiger partial charge on any atom is -0.320 e. The largest absolute Gasteiger partial charge is 0.320 e. The van der Waals surface area contributed by atoms with Crippen LogP contribution in [0.15, 0.2) is 36.5 Å². The van der Waals surface area contributed by atoms with E-state index in [0.29, 0.717) is 5.92 Å². The van der Waals surface area contributed by atoms with E-state index >= 15 is 0 Å². The van der Waals surface area contributed by atoms with Crippen molar-refractivity contribution in [3.05, 3.63) is 53.3 Å². The molecule has 1 unspecified atom stereocenters. The van der Waals surface area contributed by atoms with E-state index in [-0.39, 0.29) is 0 Å². The summed E-state index contributed by atoms with van der Waals surface area (Å²) >= 11 is 0. The summed E-state index contributed by atoms with van der Waals surface area (Å²) in [5.41, 5.74) is 6.08. The predicted octanol–water partition coefficient (Wildman–Crippen LogP) is 2.87. The molecule has 4 rings (SSSR count). The molecule has 2 aromatic rings. The van der Waals surface area contributed by atoms with Crippen LogP contribution >= 0.6 is 0 Å². The normalized spacial score (nSPS) is 21.0. The van der Waals surface area contributed by atoms with E-state index in [1.165, 1.54) is 24.2 Å². The first-order chi connectivity index (χ1) is 6.95. The number of benzene rings is 1. The molecule has 0 amide bonds. The van der Waals surface area contributed by atoms with Crippen LogP contribution in [0.25, 0.3) is 5.69 Å². The molecule has 14 heavy (non-hydrogen) atoms. The summed E-state index contributed by atoms with van der Waals surface area (Å²) in [7, 11) is 0. The van der Waals surface area contributed by atoms with E-state index in [1.54, 1.807) is 11.1 Å². The van der Waals surface area contributed by atoms with Gasteiger partial charge in [0.25, 0.3) is 0 Å². The molecule has 0 spiro atoms. The van der Waals surface area contributed by atoms with Crippen LogP contribution < -0.4 is 0 Å². The van der Waals surface area contributed by atoms with Gasteiger partial charge in [0.2, 0.25) is 0 Å². The maximum atomic E-state index is 2.35. The van der Waals surface area contributed by atoms with Crippen LogP contribution in [0.1, 0.15) is 29.2 Å². The van der Waals surface area contributed by atoms with Gasteiger partial charge in [0.05, 0.1) is 0 Å². The average Bonchev–Trinajstić information content (AvgIpc) is 2.87. The monoisotopic (exact) mass is 181 g/mol. The zero-order chi connectivity index (χ0) is 9.12. The standard InChI is InChI=1S/C13H11N/c1-3-9-6-7-10-11-5-2-8-14(11)12(4-1)13(9)10/h1-5,8,10H,6-7H2. The quantitative estimate of drug-likeness (QED) is 0.589. The summed E-state index contributed by atoms with van der Waals surface area (Å²) < 4.78 is 2.35. The molecule has 1 atom stereocenters. The Morgan fingerprint density at radius 3 is 3.14 bits per heavy atom. The Kier molecular flexibility index (Phi) is 1.04. The van der Waals surface area contributed by atoms with Crippen molar-refractivity contribution in [3.63, 3.8) is 0 Å². The van der Waals surface area contributed by atoms with Gasteiger partial charge in [-0.3, -0.25) is 0 Å². The molecule has 1 aliphatic carbocycles. The smallest absolute Gasteiger partial charge is 0.0494 e. The molecular weight excluding hydrogens is 170 g/mol. The second kappa shape index (κ2) is 2.11. The van der Waals surface area contributed by atoms with Gasteiger partial charge >= 0.3 is 0 Å². The summed E-state index contributed by atoms with van der Waals surface area (Å²) in [6, 6.07) is 11.1. The molecule has 0 fully saturated rings. The second-order valence-corrected chi connectivity index (χ2v) is 4.24. The van der Waals surface area contributed by atoms with Crippen LogP contribution in [-0.4, -0.2) is 4.57 Å². The van der Waals surface area contributed by atoms with Gasteiger partial charge in [0.15, 0.2) is 0 Å². The molecule has 0 N–H and O–H groups in total. The highest BCUT2D eigenvalue weighted by atomic mass is 15.0. The molecule has 0 saturated heterocycles. The molecule has 1 aliphatic heterocycles. The minimum atomic E-state index is 0.691. The second-order valence-electron chi connectivity index (χ2n) is 4.24. The van der Waals surface area contributed by atoms with Crippen molar-refractivity contribution in [3.8, 4) is 5.69 Å². The molecule has 1 heteroatoms. The summed E-state index contributed by atoms with van der Waals surface area (Å²) in [6.07, 6.45) is 4.75. The van der Waals surface area contributed by atoms with E-state index in [1.807, 2.05) is 0 Å². The van der Waals surface area contributed by atoms with Gasteiger partial charge in [-0.2, -0.15) is 0 Å². The molecule has 0 bridgehead atoms. The van der Waals surface area contributed by atoms with E-state index < -0.39 is 0 Å². The van der Waals surface area contributed by atoms with E-state index in [4.69, 9.17) is 0 Å². The third kappa shape index (κ3) is 0.607. The molecule has 0 saturated carbocycles. The molecule has 1 aromatic carbocycles. The number of nitrogens with zero attached hydrogens (tertiary/aromatic N) is 1. The van der Waals surface area contributed by atoms with Crippen LogP contribution in [0.4, 0.5) is 0 Å². The van der Waals surface area contributed by atoms with Gasteiger partial charge in [-0.1, -0.05) is 12.1 Å². The number of hydrogen-bond donors (Lipinski definition) is 0. The third-order valence-electron chi connectivity index (χ3n) is 3.62. The topological polar surface area (TPSA) is 4.93 Å². The van der Waals surface area contributed by atoms with Crippen LogP contribution in [0.5, 0.6) is 0 Å². The van der Waals surface area contributed by atoms with Crippen LogP contribution in [0, 0.1) is 0 Å². The maximum Gasteiger partial charge on any atom is 0.0494 e. The molecule has 2 heterocycles. The average molecular weight is 181 g/mol. The van der Waals surface area contributed by atoms with Crippen molar-refractivity contribution < 1.29 is 0 Å². The number of aromatic nitrogens is 1.